The van der Waals surface area contributed by atoms with Gasteiger partial charge in [0.15, 0.2) is 5.78 Å². The Morgan fingerprint density at radius 1 is 1.16 bits per heavy atom. The minimum absolute atomic E-state index is 0.147. The van der Waals surface area contributed by atoms with Gasteiger partial charge in [0.2, 0.25) is 5.91 Å². The molecular formula is C24H25FN2O5. The normalized spacial score (nSPS) is 24.5. The number of ketones is 1. The molecule has 0 aromatic heterocycles. The highest BCUT2D eigenvalue weighted by molar-refractivity contribution is 6.06. The topological polar surface area (TPSA) is 95.9 Å². The molecule has 0 saturated carbocycles. The average molecular weight is 440 g/mol. The second-order valence-corrected chi connectivity index (χ2v) is 8.72. The average Bonchev–Trinajstić information content (AvgIpc) is 2.75. The third kappa shape index (κ3) is 3.80. The molecule has 2 aromatic rings. The first-order valence-corrected chi connectivity index (χ1v) is 10.5. The van der Waals surface area contributed by atoms with Crippen LogP contribution < -0.4 is 10.1 Å². The Hall–Kier alpha value is -3.10. The number of amides is 2. The summed E-state index contributed by atoms with van der Waals surface area (Å²) in [5.41, 5.74) is 0.173. The summed E-state index contributed by atoms with van der Waals surface area (Å²) in [5.74, 6) is -1.92. The summed E-state index contributed by atoms with van der Waals surface area (Å²) in [4.78, 5) is 39.5. The maximum absolute atomic E-state index is 13.4. The first-order valence-electron chi connectivity index (χ1n) is 10.5. The van der Waals surface area contributed by atoms with Gasteiger partial charge in [0.05, 0.1) is 6.04 Å². The van der Waals surface area contributed by atoms with Crippen molar-refractivity contribution in [2.24, 2.45) is 0 Å². The SMILES string of the molecule is CC(=O)c1ccc2c(c1)[C@@H](C1NCCN(C(=O)c3ccc(F)cc3)C1=O)[C@H](O)C(C)(C)O2. The van der Waals surface area contributed by atoms with Crippen LogP contribution in [0.3, 0.4) is 0 Å². The largest absolute Gasteiger partial charge is 0.485 e. The molecule has 0 radical (unpaired) electrons. The molecule has 1 unspecified atom stereocenters. The van der Waals surface area contributed by atoms with E-state index in [4.69, 9.17) is 4.74 Å². The first-order chi connectivity index (χ1) is 15.1. The number of benzene rings is 2. The Bertz CT molecular complexity index is 1080. The van der Waals surface area contributed by atoms with Gasteiger partial charge in [-0.1, -0.05) is 0 Å². The van der Waals surface area contributed by atoms with Crippen molar-refractivity contribution in [3.8, 4) is 5.75 Å². The smallest absolute Gasteiger partial charge is 0.260 e. The minimum atomic E-state index is -1.08. The number of aliphatic hydroxyl groups is 1. The number of carbonyl (C=O) groups excluding carboxylic acids is 3. The van der Waals surface area contributed by atoms with Gasteiger partial charge in [0.25, 0.3) is 5.91 Å². The van der Waals surface area contributed by atoms with Gasteiger partial charge in [0, 0.05) is 35.7 Å². The number of fused-ring (bicyclic) bond motifs is 1. The molecule has 1 saturated heterocycles. The van der Waals surface area contributed by atoms with E-state index in [-0.39, 0.29) is 17.9 Å². The van der Waals surface area contributed by atoms with Crippen molar-refractivity contribution in [2.45, 2.75) is 44.4 Å². The molecule has 2 aromatic carbocycles. The van der Waals surface area contributed by atoms with Crippen molar-refractivity contribution in [3.63, 3.8) is 0 Å². The number of rotatable bonds is 3. The van der Waals surface area contributed by atoms with Crippen molar-refractivity contribution < 1.29 is 28.6 Å². The van der Waals surface area contributed by atoms with Crippen molar-refractivity contribution in [1.82, 2.24) is 10.2 Å². The summed E-state index contributed by atoms with van der Waals surface area (Å²) < 4.78 is 19.2. The van der Waals surface area contributed by atoms with Crippen LogP contribution in [0.2, 0.25) is 0 Å². The molecule has 2 heterocycles. The van der Waals surface area contributed by atoms with E-state index in [1.165, 1.54) is 31.2 Å². The Labute approximate surface area is 185 Å². The number of hydrogen-bond acceptors (Lipinski definition) is 6. The standard InChI is InChI=1S/C24H25FN2O5/c1-13(28)15-6-9-18-17(12-15)19(21(29)24(2,3)32-18)20-23(31)27(11-10-26-20)22(30)14-4-7-16(25)8-5-14/h4-9,12,19-21,26,29H,10-11H2,1-3H3/t19-,20?,21-/m0/s1. The lowest BCUT2D eigenvalue weighted by molar-refractivity contribution is -0.137. The third-order valence-corrected chi connectivity index (χ3v) is 6.13. The van der Waals surface area contributed by atoms with Gasteiger partial charge in [-0.15, -0.1) is 0 Å². The van der Waals surface area contributed by atoms with E-state index in [1.54, 1.807) is 32.0 Å². The van der Waals surface area contributed by atoms with Gasteiger partial charge in [-0.3, -0.25) is 19.3 Å². The van der Waals surface area contributed by atoms with Gasteiger partial charge in [0.1, 0.15) is 23.3 Å². The van der Waals surface area contributed by atoms with E-state index >= 15 is 0 Å². The van der Waals surface area contributed by atoms with Crippen LogP contribution in [0, 0.1) is 5.82 Å². The Kier molecular flexibility index (Phi) is 5.60. The van der Waals surface area contributed by atoms with E-state index in [0.717, 1.165) is 4.90 Å². The molecule has 2 amide bonds. The fraction of sp³-hybridized carbons (Fsp3) is 0.375. The zero-order valence-electron chi connectivity index (χ0n) is 18.1. The maximum Gasteiger partial charge on any atom is 0.260 e. The highest BCUT2D eigenvalue weighted by atomic mass is 19.1. The minimum Gasteiger partial charge on any atom is -0.485 e. The number of piperazine rings is 1. The fourth-order valence-corrected chi connectivity index (χ4v) is 4.36. The predicted molar refractivity (Wildman–Crippen MR) is 114 cm³/mol. The summed E-state index contributed by atoms with van der Waals surface area (Å²) in [7, 11) is 0. The molecule has 0 aliphatic carbocycles. The lowest BCUT2D eigenvalue weighted by Gasteiger charge is -2.46. The number of nitrogens with one attached hydrogen (secondary N) is 1. The van der Waals surface area contributed by atoms with Gasteiger partial charge >= 0.3 is 0 Å². The molecule has 2 N–H and O–H groups in total. The monoisotopic (exact) mass is 440 g/mol. The lowest BCUT2D eigenvalue weighted by atomic mass is 9.76. The van der Waals surface area contributed by atoms with Gasteiger partial charge < -0.3 is 15.2 Å². The molecule has 4 rings (SSSR count). The number of Topliss-reactive ketones (excluding diaryl/α,β-unsaturated/α-hetero) is 1. The summed E-state index contributed by atoms with van der Waals surface area (Å²) in [5, 5.41) is 14.3. The van der Waals surface area contributed by atoms with E-state index in [0.29, 0.717) is 23.4 Å². The number of halogens is 1. The molecule has 1 fully saturated rings. The van der Waals surface area contributed by atoms with Crippen LogP contribution in [-0.4, -0.2) is 58.4 Å². The summed E-state index contributed by atoms with van der Waals surface area (Å²) in [6.07, 6.45) is -1.08. The molecule has 0 spiro atoms. The Morgan fingerprint density at radius 2 is 1.81 bits per heavy atom. The third-order valence-electron chi connectivity index (χ3n) is 6.13. The van der Waals surface area contributed by atoms with Crippen LogP contribution >= 0.6 is 0 Å². The van der Waals surface area contributed by atoms with Crippen molar-refractivity contribution in [2.75, 3.05) is 13.1 Å². The van der Waals surface area contributed by atoms with Gasteiger partial charge in [-0.2, -0.15) is 0 Å². The van der Waals surface area contributed by atoms with E-state index < -0.39 is 41.3 Å². The lowest BCUT2D eigenvalue weighted by Crippen LogP contribution is -2.63. The van der Waals surface area contributed by atoms with Crippen molar-refractivity contribution in [1.29, 1.82) is 0 Å². The maximum atomic E-state index is 13.4. The molecule has 8 heteroatoms. The number of carbonyl (C=O) groups is 3. The van der Waals surface area contributed by atoms with Crippen molar-refractivity contribution in [3.05, 3.63) is 65.0 Å². The number of aliphatic hydroxyl groups excluding tert-OH is 1. The van der Waals surface area contributed by atoms with Crippen LogP contribution in [0.4, 0.5) is 4.39 Å². The molecule has 3 atom stereocenters. The molecule has 2 aliphatic rings. The number of ether oxygens (including phenoxy) is 1. The second-order valence-electron chi connectivity index (χ2n) is 8.72. The Morgan fingerprint density at radius 3 is 2.47 bits per heavy atom. The fourth-order valence-electron chi connectivity index (χ4n) is 4.36. The van der Waals surface area contributed by atoms with Crippen LogP contribution in [0.5, 0.6) is 5.75 Å². The van der Waals surface area contributed by atoms with E-state index in [1.807, 2.05) is 0 Å². The second kappa shape index (κ2) is 8.11. The quantitative estimate of drug-likeness (QED) is 0.562. The van der Waals surface area contributed by atoms with Crippen molar-refractivity contribution >= 4 is 17.6 Å². The Balaban J connectivity index is 1.72. The molecular weight excluding hydrogens is 415 g/mol. The van der Waals surface area contributed by atoms with E-state index in [9.17, 15) is 23.9 Å². The zero-order chi connectivity index (χ0) is 23.2. The number of hydrogen-bond donors (Lipinski definition) is 2. The number of nitrogens with zero attached hydrogens (tertiary/aromatic N) is 1. The van der Waals surface area contributed by atoms with Crippen LogP contribution in [0.1, 0.15) is 53.0 Å². The highest BCUT2D eigenvalue weighted by Crippen LogP contribution is 2.44. The molecule has 32 heavy (non-hydrogen) atoms. The van der Waals surface area contributed by atoms with Gasteiger partial charge in [-0.25, -0.2) is 4.39 Å². The summed E-state index contributed by atoms with van der Waals surface area (Å²) >= 11 is 0. The first kappa shape index (κ1) is 22.1. The van der Waals surface area contributed by atoms with Crippen LogP contribution in [0.15, 0.2) is 42.5 Å². The zero-order valence-corrected chi connectivity index (χ0v) is 18.1. The molecule has 2 aliphatic heterocycles. The van der Waals surface area contributed by atoms with Crippen LogP contribution in [0.25, 0.3) is 0 Å². The highest BCUT2D eigenvalue weighted by Gasteiger charge is 2.50. The predicted octanol–water partition coefficient (Wildman–Crippen LogP) is 2.28. The van der Waals surface area contributed by atoms with Crippen LogP contribution in [-0.2, 0) is 4.79 Å². The van der Waals surface area contributed by atoms with Gasteiger partial charge in [-0.05, 0) is 63.2 Å². The number of imide groups is 1. The summed E-state index contributed by atoms with van der Waals surface area (Å²) in [6, 6.07) is 9.05. The molecule has 168 valence electrons. The summed E-state index contributed by atoms with van der Waals surface area (Å²) in [6.45, 7) is 5.36. The molecule has 7 nitrogen and oxygen atoms in total. The molecule has 0 bridgehead atoms. The van der Waals surface area contributed by atoms with E-state index in [2.05, 4.69) is 5.32 Å².